The first kappa shape index (κ1) is 27.4. The van der Waals surface area contributed by atoms with Crippen LogP contribution in [-0.4, -0.2) is 97.3 Å². The normalized spacial score (nSPS) is 16.8. The van der Waals surface area contributed by atoms with Crippen molar-refractivity contribution in [3.63, 3.8) is 0 Å². The number of benzene rings is 1. The summed E-state index contributed by atoms with van der Waals surface area (Å²) >= 11 is 4.34. The van der Waals surface area contributed by atoms with Crippen LogP contribution in [0.4, 0.5) is 0 Å². The quantitative estimate of drug-likeness (QED) is 0.531. The monoisotopic (exact) mass is 504 g/mol. The first-order valence-electron chi connectivity index (χ1n) is 12.5. The fraction of sp³-hybridized carbons (Fsp3) is 0.640. The summed E-state index contributed by atoms with van der Waals surface area (Å²) in [5.74, 6) is 1.29. The Morgan fingerprint density at radius 2 is 1.63 bits per heavy atom. The zero-order valence-corrected chi connectivity index (χ0v) is 22.4. The van der Waals surface area contributed by atoms with Gasteiger partial charge in [-0.05, 0) is 89.6 Å². The Hall–Kier alpha value is -2.14. The number of piperazine rings is 1. The van der Waals surface area contributed by atoms with Crippen molar-refractivity contribution in [2.45, 2.75) is 44.6 Å². The highest BCUT2D eigenvalue weighted by Gasteiger charge is 2.26. The van der Waals surface area contributed by atoms with E-state index in [4.69, 9.17) is 9.15 Å². The molecule has 0 unspecified atom stereocenters. The average Bonchev–Trinajstić information content (AvgIpc) is 3.55. The van der Waals surface area contributed by atoms with Gasteiger partial charge in [0.1, 0.15) is 5.75 Å². The third-order valence-corrected chi connectivity index (χ3v) is 7.19. The van der Waals surface area contributed by atoms with E-state index in [-0.39, 0.29) is 11.8 Å². The topological polar surface area (TPSA) is 87.0 Å². The lowest BCUT2D eigenvalue weighted by atomic mass is 10.1. The molecule has 0 bridgehead atoms. The summed E-state index contributed by atoms with van der Waals surface area (Å²) in [6, 6.07) is 3.96. The fourth-order valence-corrected chi connectivity index (χ4v) is 4.56. The van der Waals surface area contributed by atoms with Gasteiger partial charge in [-0.2, -0.15) is 0 Å². The fourth-order valence-electron chi connectivity index (χ4n) is 4.43. The molecule has 2 fully saturated rings. The van der Waals surface area contributed by atoms with Crippen molar-refractivity contribution >= 4 is 18.5 Å². The highest BCUT2D eigenvalue weighted by Crippen LogP contribution is 2.23. The summed E-state index contributed by atoms with van der Waals surface area (Å²) in [5.41, 5.74) is 2.32. The summed E-state index contributed by atoms with van der Waals surface area (Å²) in [6.45, 7) is 12.7. The second-order valence-corrected chi connectivity index (χ2v) is 9.62. The van der Waals surface area contributed by atoms with Crippen molar-refractivity contribution in [3.05, 3.63) is 35.0 Å². The third-order valence-electron chi connectivity index (χ3n) is 6.48. The zero-order chi connectivity index (χ0) is 25.2. The third kappa shape index (κ3) is 8.20. The van der Waals surface area contributed by atoms with Gasteiger partial charge in [0.2, 0.25) is 5.89 Å². The summed E-state index contributed by atoms with van der Waals surface area (Å²) < 4.78 is 10.5. The molecule has 1 aromatic heterocycles. The van der Waals surface area contributed by atoms with Gasteiger partial charge in [0.25, 0.3) is 0 Å². The number of carbonyl (C=O) groups is 1. The number of nitrogens with zero attached hydrogens (tertiary/aromatic N) is 5. The van der Waals surface area contributed by atoms with Crippen LogP contribution in [0.2, 0.25) is 0 Å². The number of rotatable bonds is 8. The van der Waals surface area contributed by atoms with Gasteiger partial charge in [-0.25, -0.2) is 0 Å². The molecule has 35 heavy (non-hydrogen) atoms. The van der Waals surface area contributed by atoms with Gasteiger partial charge in [-0.1, -0.05) is 0 Å². The summed E-state index contributed by atoms with van der Waals surface area (Å²) in [5, 5.41) is 10.7. The van der Waals surface area contributed by atoms with Crippen molar-refractivity contribution in [3.8, 4) is 5.75 Å². The number of nitrogens with one attached hydrogen (secondary N) is 1. The molecule has 10 heteroatoms. The second-order valence-electron chi connectivity index (χ2n) is 9.18. The second kappa shape index (κ2) is 13.8. The molecule has 0 aliphatic carbocycles. The molecule has 0 saturated carbocycles. The van der Waals surface area contributed by atoms with Crippen LogP contribution < -0.4 is 10.1 Å². The van der Waals surface area contributed by atoms with Crippen LogP contribution in [0.1, 0.15) is 47.0 Å². The first-order valence-corrected chi connectivity index (χ1v) is 12.9. The molecular weight excluding hydrogens is 464 g/mol. The van der Waals surface area contributed by atoms with E-state index in [0.29, 0.717) is 12.4 Å². The highest BCUT2D eigenvalue weighted by atomic mass is 32.1. The lowest BCUT2D eigenvalue weighted by molar-refractivity contribution is 0.0592. The Labute approximate surface area is 214 Å². The maximum Gasteiger partial charge on any atom is 0.311 e. The van der Waals surface area contributed by atoms with Gasteiger partial charge in [0, 0.05) is 31.1 Å². The molecule has 0 spiro atoms. The summed E-state index contributed by atoms with van der Waals surface area (Å²) in [6.07, 6.45) is 3.92. The number of hydrogen-bond donors (Lipinski definition) is 2. The maximum absolute atomic E-state index is 12.4. The number of thiol groups is 1. The zero-order valence-electron chi connectivity index (χ0n) is 21.5. The molecule has 2 aromatic rings. The van der Waals surface area contributed by atoms with Crippen LogP contribution in [0.3, 0.4) is 0 Å². The smallest absolute Gasteiger partial charge is 0.311 e. The van der Waals surface area contributed by atoms with Crippen molar-refractivity contribution < 1.29 is 13.9 Å². The van der Waals surface area contributed by atoms with E-state index in [2.05, 4.69) is 37.9 Å². The van der Waals surface area contributed by atoms with E-state index < -0.39 is 0 Å². The van der Waals surface area contributed by atoms with Gasteiger partial charge < -0.3 is 24.3 Å². The number of ether oxygens (including phenoxy) is 1. The molecule has 1 aromatic carbocycles. The molecule has 4 rings (SSSR count). The number of aromatic nitrogens is 2. The van der Waals surface area contributed by atoms with Crippen LogP contribution in [0.5, 0.6) is 5.75 Å². The Morgan fingerprint density at radius 3 is 2.20 bits per heavy atom. The van der Waals surface area contributed by atoms with Crippen LogP contribution >= 0.6 is 12.6 Å². The van der Waals surface area contributed by atoms with Crippen molar-refractivity contribution in [2.24, 2.45) is 0 Å². The number of likely N-dealkylation sites (tertiary alicyclic amines) is 1. The summed E-state index contributed by atoms with van der Waals surface area (Å²) in [4.78, 5) is 20.3. The lowest BCUT2D eigenvalue weighted by Crippen LogP contribution is -2.49. The molecule has 194 valence electrons. The molecule has 0 atom stereocenters. The van der Waals surface area contributed by atoms with Crippen LogP contribution in [0, 0.1) is 13.8 Å². The Morgan fingerprint density at radius 1 is 1.03 bits per heavy atom. The van der Waals surface area contributed by atoms with Crippen LogP contribution in [0.15, 0.2) is 21.4 Å². The Bertz CT molecular complexity index is 916. The molecule has 1 amide bonds. The van der Waals surface area contributed by atoms with Gasteiger partial charge in [0.05, 0.1) is 13.7 Å². The minimum atomic E-state index is -0.151. The Balaban J connectivity index is 0.000000261. The van der Waals surface area contributed by atoms with Gasteiger partial charge in [-0.3, -0.25) is 9.69 Å². The number of amides is 1. The van der Waals surface area contributed by atoms with Crippen molar-refractivity contribution in [1.82, 2.24) is 30.2 Å². The predicted octanol–water partition coefficient (Wildman–Crippen LogP) is 2.63. The standard InChI is InChI=1S/C16H28N6O2.C9H12OS/c1-17-13-14-18-19-15(24-14)16(23)22-11-9-21(10-12-22)8-4-7-20-5-2-3-6-20;1-6-4-8(10-3)5-7(2)9(6)11/h17H,2-13H2,1H3;4-5,11H,1-3H3. The summed E-state index contributed by atoms with van der Waals surface area (Å²) in [7, 11) is 3.47. The molecule has 2 aliphatic heterocycles. The molecule has 9 nitrogen and oxygen atoms in total. The molecule has 0 radical (unpaired) electrons. The van der Waals surface area contributed by atoms with Gasteiger partial charge >= 0.3 is 11.8 Å². The van der Waals surface area contributed by atoms with Crippen LogP contribution in [-0.2, 0) is 6.54 Å². The van der Waals surface area contributed by atoms with Crippen molar-refractivity contribution in [2.75, 3.05) is 66.5 Å². The highest BCUT2D eigenvalue weighted by molar-refractivity contribution is 7.80. The van der Waals surface area contributed by atoms with Crippen molar-refractivity contribution in [1.29, 1.82) is 0 Å². The number of aryl methyl sites for hydroxylation is 2. The lowest BCUT2D eigenvalue weighted by Gasteiger charge is -2.34. The average molecular weight is 505 g/mol. The van der Waals surface area contributed by atoms with E-state index in [9.17, 15) is 4.79 Å². The van der Waals surface area contributed by atoms with E-state index in [1.165, 1.54) is 38.9 Å². The molecule has 2 aliphatic rings. The first-order chi connectivity index (χ1) is 16.9. The Kier molecular flexibility index (Phi) is 10.8. The molecule has 1 N–H and O–H groups in total. The number of hydrogen-bond acceptors (Lipinski definition) is 9. The minimum absolute atomic E-state index is 0.0998. The minimum Gasteiger partial charge on any atom is -0.497 e. The predicted molar refractivity (Wildman–Crippen MR) is 139 cm³/mol. The van der Waals surface area contributed by atoms with E-state index >= 15 is 0 Å². The molecular formula is C25H40N6O3S. The van der Waals surface area contributed by atoms with Crippen LogP contribution in [0.25, 0.3) is 0 Å². The maximum atomic E-state index is 12.4. The van der Waals surface area contributed by atoms with Gasteiger partial charge in [-0.15, -0.1) is 22.8 Å². The number of methoxy groups -OCH3 is 1. The SMILES string of the molecule is CNCc1nnc(C(=O)N2CCN(CCCN3CCCC3)CC2)o1.COc1cc(C)c(S)c(C)c1. The molecule has 3 heterocycles. The van der Waals surface area contributed by atoms with E-state index in [1.807, 2.05) is 30.9 Å². The van der Waals surface area contributed by atoms with E-state index in [0.717, 1.165) is 54.5 Å². The number of carbonyl (C=O) groups excluding carboxylic acids is 1. The largest absolute Gasteiger partial charge is 0.497 e. The molecule has 2 saturated heterocycles. The van der Waals surface area contributed by atoms with E-state index in [1.54, 1.807) is 14.2 Å². The van der Waals surface area contributed by atoms with Gasteiger partial charge in [0.15, 0.2) is 0 Å².